The van der Waals surface area contributed by atoms with Gasteiger partial charge in [-0.2, -0.15) is 0 Å². The Morgan fingerprint density at radius 1 is 1.21 bits per heavy atom. The zero-order chi connectivity index (χ0) is 20.0. The minimum absolute atomic E-state index is 0. The zero-order valence-electron chi connectivity index (χ0n) is 17.8. The molecule has 29 heavy (non-hydrogen) atoms. The predicted molar refractivity (Wildman–Crippen MR) is 130 cm³/mol. The average molecular weight is 514 g/mol. The van der Waals surface area contributed by atoms with E-state index in [9.17, 15) is 0 Å². The number of halogens is 1. The molecule has 0 amide bonds. The first-order valence-electron chi connectivity index (χ1n) is 9.89. The number of nitrogens with one attached hydrogen (secondary N) is 2. The summed E-state index contributed by atoms with van der Waals surface area (Å²) in [5, 5.41) is 6.71. The molecule has 0 bridgehead atoms. The molecular formula is C21H35IN6O. The highest BCUT2D eigenvalue weighted by Gasteiger charge is 2.05. The molecule has 7 nitrogen and oxygen atoms in total. The molecule has 0 fully saturated rings. The molecule has 0 aliphatic rings. The summed E-state index contributed by atoms with van der Waals surface area (Å²) in [6, 6.07) is 10.5. The summed E-state index contributed by atoms with van der Waals surface area (Å²) in [4.78, 5) is 11.1. The predicted octanol–water partition coefficient (Wildman–Crippen LogP) is 2.38. The number of nitrogens with zero attached hydrogens (tertiary/aromatic N) is 4. The number of aliphatic imine (C=N–C) groups is 1. The van der Waals surface area contributed by atoms with Crippen LogP contribution in [-0.2, 0) is 24.2 Å². The van der Waals surface area contributed by atoms with Gasteiger partial charge in [-0.15, -0.1) is 24.0 Å². The summed E-state index contributed by atoms with van der Waals surface area (Å²) in [6.45, 7) is 5.19. The lowest BCUT2D eigenvalue weighted by molar-refractivity contribution is 0.180. The molecule has 0 aliphatic carbocycles. The molecule has 2 aromatic rings. The molecule has 0 saturated carbocycles. The monoisotopic (exact) mass is 514 g/mol. The first kappa shape index (κ1) is 25.4. The van der Waals surface area contributed by atoms with E-state index in [-0.39, 0.29) is 24.0 Å². The number of hydrogen-bond acceptors (Lipinski definition) is 4. The summed E-state index contributed by atoms with van der Waals surface area (Å²) in [6.07, 6.45) is 5.93. The Hall–Kier alpha value is -1.65. The minimum Gasteiger partial charge on any atom is -0.385 e. The minimum atomic E-state index is 0. The summed E-state index contributed by atoms with van der Waals surface area (Å²) >= 11 is 0. The smallest absolute Gasteiger partial charge is 0.191 e. The number of rotatable bonds is 12. The molecule has 0 unspecified atom stereocenters. The Balaban J connectivity index is 0.00000420. The molecule has 0 saturated heterocycles. The van der Waals surface area contributed by atoms with Crippen molar-refractivity contribution in [2.45, 2.75) is 25.9 Å². The second-order valence-corrected chi connectivity index (χ2v) is 6.77. The quantitative estimate of drug-likeness (QED) is 0.197. The Kier molecular flexibility index (Phi) is 13.3. The number of ether oxygens (including phenoxy) is 1. The van der Waals surface area contributed by atoms with E-state index in [1.54, 1.807) is 14.2 Å². The van der Waals surface area contributed by atoms with E-state index >= 15 is 0 Å². The Bertz CT molecular complexity index is 691. The van der Waals surface area contributed by atoms with Crippen LogP contribution in [0, 0.1) is 0 Å². The third kappa shape index (κ3) is 10.1. The van der Waals surface area contributed by atoms with Crippen LogP contribution in [0.15, 0.2) is 47.7 Å². The number of aryl methyl sites for hydroxylation is 2. The van der Waals surface area contributed by atoms with Gasteiger partial charge >= 0.3 is 0 Å². The van der Waals surface area contributed by atoms with Gasteiger partial charge in [0.25, 0.3) is 0 Å². The fourth-order valence-corrected chi connectivity index (χ4v) is 2.94. The third-order valence-electron chi connectivity index (χ3n) is 4.60. The van der Waals surface area contributed by atoms with Crippen LogP contribution in [0.25, 0.3) is 0 Å². The highest BCUT2D eigenvalue weighted by Crippen LogP contribution is 2.04. The lowest BCUT2D eigenvalue weighted by Gasteiger charge is -2.18. The first-order valence-corrected chi connectivity index (χ1v) is 9.89. The van der Waals surface area contributed by atoms with Crippen LogP contribution < -0.4 is 10.6 Å². The van der Waals surface area contributed by atoms with Crippen LogP contribution in [0.2, 0.25) is 0 Å². The molecule has 1 aromatic carbocycles. The van der Waals surface area contributed by atoms with E-state index in [1.165, 1.54) is 5.56 Å². The second-order valence-electron chi connectivity index (χ2n) is 6.77. The second kappa shape index (κ2) is 15.2. The van der Waals surface area contributed by atoms with Crippen molar-refractivity contribution < 1.29 is 4.74 Å². The molecule has 8 heteroatoms. The van der Waals surface area contributed by atoms with Gasteiger partial charge in [0.05, 0.1) is 6.54 Å². The molecule has 0 aliphatic heterocycles. The van der Waals surface area contributed by atoms with Crippen LogP contribution in [-0.4, -0.2) is 67.9 Å². The number of guanidine groups is 1. The number of benzene rings is 1. The summed E-state index contributed by atoms with van der Waals surface area (Å²) in [5.41, 5.74) is 1.34. The third-order valence-corrected chi connectivity index (χ3v) is 4.60. The largest absolute Gasteiger partial charge is 0.385 e. The van der Waals surface area contributed by atoms with Gasteiger partial charge in [-0.3, -0.25) is 4.99 Å². The van der Waals surface area contributed by atoms with Gasteiger partial charge in [-0.05, 0) is 25.5 Å². The average Bonchev–Trinajstić information content (AvgIpc) is 3.17. The van der Waals surface area contributed by atoms with Crippen LogP contribution >= 0.6 is 24.0 Å². The van der Waals surface area contributed by atoms with E-state index in [0.717, 1.165) is 57.4 Å². The molecule has 0 atom stereocenters. The number of methoxy groups -OCH3 is 1. The fraction of sp³-hybridized carbons (Fsp3) is 0.524. The molecule has 2 rings (SSSR count). The normalized spacial score (nSPS) is 11.4. The number of aromatic nitrogens is 2. The molecule has 2 N–H and O–H groups in total. The lowest BCUT2D eigenvalue weighted by Crippen LogP contribution is -2.41. The molecule has 1 heterocycles. The van der Waals surface area contributed by atoms with Gasteiger partial charge in [0.2, 0.25) is 0 Å². The van der Waals surface area contributed by atoms with E-state index in [4.69, 9.17) is 4.74 Å². The van der Waals surface area contributed by atoms with E-state index < -0.39 is 0 Å². The standard InChI is InChI=1S/C21H34N6O.HI/c1-22-21(24-11-15-26(2)13-7-17-28-3)25-18-20-23-12-16-27(20)14-10-19-8-5-4-6-9-19;/h4-6,8-9,12,16H,7,10-11,13-15,17-18H2,1-3H3,(H2,22,24,25);1H. The van der Waals surface area contributed by atoms with Crippen molar-refractivity contribution in [1.82, 2.24) is 25.1 Å². The van der Waals surface area contributed by atoms with E-state index in [0.29, 0.717) is 6.54 Å². The zero-order valence-corrected chi connectivity index (χ0v) is 20.1. The molecule has 0 radical (unpaired) electrons. The van der Waals surface area contributed by atoms with Gasteiger partial charge in [-0.25, -0.2) is 4.98 Å². The summed E-state index contributed by atoms with van der Waals surface area (Å²) in [5.74, 6) is 1.80. The van der Waals surface area contributed by atoms with Crippen molar-refractivity contribution in [3.8, 4) is 0 Å². The maximum absolute atomic E-state index is 5.09. The van der Waals surface area contributed by atoms with Crippen LogP contribution in [0.5, 0.6) is 0 Å². The highest BCUT2D eigenvalue weighted by atomic mass is 127. The fourth-order valence-electron chi connectivity index (χ4n) is 2.94. The van der Waals surface area contributed by atoms with Crippen LogP contribution in [0.4, 0.5) is 0 Å². The van der Waals surface area contributed by atoms with Gasteiger partial charge in [0, 0.05) is 59.3 Å². The molecule has 1 aromatic heterocycles. The highest BCUT2D eigenvalue weighted by molar-refractivity contribution is 14.0. The number of likely N-dealkylation sites (N-methyl/N-ethyl adjacent to an activating group) is 1. The Morgan fingerprint density at radius 3 is 2.72 bits per heavy atom. The lowest BCUT2D eigenvalue weighted by atomic mass is 10.1. The maximum Gasteiger partial charge on any atom is 0.191 e. The van der Waals surface area contributed by atoms with Crippen molar-refractivity contribution in [3.05, 3.63) is 54.1 Å². The van der Waals surface area contributed by atoms with Gasteiger partial charge in [0.1, 0.15) is 5.82 Å². The maximum atomic E-state index is 5.09. The van der Waals surface area contributed by atoms with Gasteiger partial charge in [-0.1, -0.05) is 30.3 Å². The van der Waals surface area contributed by atoms with E-state index in [1.807, 2.05) is 18.5 Å². The first-order chi connectivity index (χ1) is 13.7. The van der Waals surface area contributed by atoms with E-state index in [2.05, 4.69) is 61.4 Å². The summed E-state index contributed by atoms with van der Waals surface area (Å²) in [7, 11) is 5.65. The topological polar surface area (TPSA) is 66.7 Å². The molecule has 0 spiro atoms. The SMILES string of the molecule is CN=C(NCCN(C)CCCOC)NCc1nccn1CCc1ccccc1.I. The Morgan fingerprint density at radius 2 is 2.00 bits per heavy atom. The van der Waals surface area contributed by atoms with Crippen LogP contribution in [0.1, 0.15) is 17.8 Å². The van der Waals surface area contributed by atoms with Crippen molar-refractivity contribution in [1.29, 1.82) is 0 Å². The van der Waals surface area contributed by atoms with Crippen molar-refractivity contribution in [3.63, 3.8) is 0 Å². The Labute approximate surface area is 192 Å². The van der Waals surface area contributed by atoms with Crippen molar-refractivity contribution in [2.75, 3.05) is 47.4 Å². The van der Waals surface area contributed by atoms with Crippen molar-refractivity contribution in [2.24, 2.45) is 4.99 Å². The number of imidazole rings is 1. The molecule has 162 valence electrons. The van der Waals surface area contributed by atoms with Crippen LogP contribution in [0.3, 0.4) is 0 Å². The van der Waals surface area contributed by atoms with Gasteiger partial charge in [0.15, 0.2) is 5.96 Å². The van der Waals surface area contributed by atoms with Crippen molar-refractivity contribution >= 4 is 29.9 Å². The molecular weight excluding hydrogens is 479 g/mol. The summed E-state index contributed by atoms with van der Waals surface area (Å²) < 4.78 is 7.28. The van der Waals surface area contributed by atoms with Gasteiger partial charge < -0.3 is 24.8 Å². The number of hydrogen-bond donors (Lipinski definition) is 2.